The van der Waals surface area contributed by atoms with E-state index in [2.05, 4.69) is 9.71 Å². The fraction of sp³-hybridized carbons (Fsp3) is 0.250. The molecule has 2 aromatic heterocycles. The van der Waals surface area contributed by atoms with E-state index in [0.717, 1.165) is 0 Å². The van der Waals surface area contributed by atoms with Crippen molar-refractivity contribution in [3.63, 3.8) is 0 Å². The fourth-order valence-corrected chi connectivity index (χ4v) is 2.46. The lowest BCUT2D eigenvalue weighted by molar-refractivity contribution is 0.397. The second kappa shape index (κ2) is 6.04. The highest BCUT2D eigenvalue weighted by atomic mass is 32.2. The van der Waals surface area contributed by atoms with E-state index in [-0.39, 0.29) is 18.2 Å². The third-order valence-electron chi connectivity index (χ3n) is 2.58. The lowest BCUT2D eigenvalue weighted by Crippen LogP contribution is -2.22. The Labute approximate surface area is 116 Å². The normalized spacial score (nSPS) is 11.5. The summed E-state index contributed by atoms with van der Waals surface area (Å²) >= 11 is 0. The van der Waals surface area contributed by atoms with E-state index >= 15 is 0 Å². The summed E-state index contributed by atoms with van der Waals surface area (Å²) < 4.78 is 36.4. The number of pyridine rings is 1. The van der Waals surface area contributed by atoms with Gasteiger partial charge in [0.1, 0.15) is 5.76 Å². The van der Waals surface area contributed by atoms with Gasteiger partial charge in [-0.05, 0) is 17.7 Å². The topological polar surface area (TPSA) is 107 Å². The number of nitrogens with two attached hydrogens (primary N) is 1. The van der Waals surface area contributed by atoms with Crippen molar-refractivity contribution in [2.75, 3.05) is 7.11 Å². The van der Waals surface area contributed by atoms with E-state index < -0.39 is 10.0 Å². The molecule has 3 N–H and O–H groups in total. The molecule has 0 atom stereocenters. The zero-order chi connectivity index (χ0) is 14.6. The van der Waals surface area contributed by atoms with Crippen molar-refractivity contribution in [1.29, 1.82) is 0 Å². The molecule has 2 rings (SSSR count). The van der Waals surface area contributed by atoms with Crippen LogP contribution >= 0.6 is 0 Å². The molecule has 0 saturated heterocycles. The smallest absolute Gasteiger partial charge is 0.274 e. The predicted molar refractivity (Wildman–Crippen MR) is 71.4 cm³/mol. The third-order valence-corrected chi connectivity index (χ3v) is 3.85. The van der Waals surface area contributed by atoms with Gasteiger partial charge in [0.05, 0.1) is 13.7 Å². The van der Waals surface area contributed by atoms with E-state index in [1.807, 2.05) is 0 Å². The number of hydrogen-bond acceptors (Lipinski definition) is 6. The summed E-state index contributed by atoms with van der Waals surface area (Å²) in [6.45, 7) is 0.260. The minimum Gasteiger partial charge on any atom is -0.481 e. The number of rotatable bonds is 6. The summed E-state index contributed by atoms with van der Waals surface area (Å²) in [5, 5.41) is -0.153. The van der Waals surface area contributed by atoms with Gasteiger partial charge < -0.3 is 14.9 Å². The first-order chi connectivity index (χ1) is 9.55. The van der Waals surface area contributed by atoms with Crippen LogP contribution in [-0.2, 0) is 23.1 Å². The Morgan fingerprint density at radius 1 is 1.35 bits per heavy atom. The molecule has 2 heterocycles. The maximum absolute atomic E-state index is 12.0. The minimum absolute atomic E-state index is 0.109. The molecule has 0 aliphatic heterocycles. The third kappa shape index (κ3) is 3.35. The standard InChI is InChI=1S/C12H15N3O4S/c1-18-11-4-2-9(7-14-11)8-15-20(16,17)12-5-3-10(6-13)19-12/h2-5,7,15H,6,8,13H2,1H3. The van der Waals surface area contributed by atoms with Crippen LogP contribution < -0.4 is 15.2 Å². The van der Waals surface area contributed by atoms with E-state index in [1.54, 1.807) is 12.1 Å². The van der Waals surface area contributed by atoms with Gasteiger partial charge in [-0.1, -0.05) is 6.07 Å². The average molecular weight is 297 g/mol. The quantitative estimate of drug-likeness (QED) is 0.809. The van der Waals surface area contributed by atoms with Crippen molar-refractivity contribution in [3.8, 4) is 5.88 Å². The van der Waals surface area contributed by atoms with Gasteiger partial charge in [-0.25, -0.2) is 18.1 Å². The van der Waals surface area contributed by atoms with Crippen LogP contribution in [0, 0.1) is 0 Å². The highest BCUT2D eigenvalue weighted by Gasteiger charge is 2.18. The second-order valence-corrected chi connectivity index (χ2v) is 5.66. The van der Waals surface area contributed by atoms with Gasteiger partial charge in [0.15, 0.2) is 0 Å². The zero-order valence-corrected chi connectivity index (χ0v) is 11.7. The first-order valence-electron chi connectivity index (χ1n) is 5.82. The van der Waals surface area contributed by atoms with Gasteiger partial charge in [-0.3, -0.25) is 0 Å². The van der Waals surface area contributed by atoms with Crippen LogP contribution in [0.5, 0.6) is 5.88 Å². The second-order valence-electron chi connectivity index (χ2n) is 3.96. The molecule has 0 aliphatic carbocycles. The molecular weight excluding hydrogens is 282 g/mol. The molecule has 0 saturated carbocycles. The first kappa shape index (κ1) is 14.5. The molecule has 0 aromatic carbocycles. The molecule has 20 heavy (non-hydrogen) atoms. The molecule has 0 bridgehead atoms. The van der Waals surface area contributed by atoms with E-state index in [1.165, 1.54) is 25.4 Å². The molecular formula is C12H15N3O4S. The number of aromatic nitrogens is 1. The van der Waals surface area contributed by atoms with E-state index in [9.17, 15) is 8.42 Å². The lowest BCUT2D eigenvalue weighted by atomic mass is 10.3. The average Bonchev–Trinajstić information content (AvgIpc) is 2.95. The molecule has 0 fully saturated rings. The number of furan rings is 1. The Bertz CT molecular complexity index is 664. The van der Waals surface area contributed by atoms with Crippen LogP contribution in [0.2, 0.25) is 0 Å². The maximum Gasteiger partial charge on any atom is 0.274 e. The number of hydrogen-bond donors (Lipinski definition) is 2. The van der Waals surface area contributed by atoms with Gasteiger partial charge in [-0.15, -0.1) is 0 Å². The zero-order valence-electron chi connectivity index (χ0n) is 10.9. The molecule has 108 valence electrons. The Morgan fingerprint density at radius 2 is 2.15 bits per heavy atom. The van der Waals surface area contributed by atoms with Gasteiger partial charge >= 0.3 is 0 Å². The first-order valence-corrected chi connectivity index (χ1v) is 7.31. The van der Waals surface area contributed by atoms with E-state index in [0.29, 0.717) is 17.2 Å². The SMILES string of the molecule is COc1ccc(CNS(=O)(=O)c2ccc(CN)o2)cn1. The number of methoxy groups -OCH3 is 1. The molecule has 2 aromatic rings. The monoisotopic (exact) mass is 297 g/mol. The highest BCUT2D eigenvalue weighted by Crippen LogP contribution is 2.14. The molecule has 0 unspecified atom stereocenters. The summed E-state index contributed by atoms with van der Waals surface area (Å²) in [4.78, 5) is 3.99. The van der Waals surface area contributed by atoms with Gasteiger partial charge in [0.25, 0.3) is 10.0 Å². The minimum atomic E-state index is -3.69. The van der Waals surface area contributed by atoms with E-state index in [4.69, 9.17) is 14.9 Å². The Hall–Kier alpha value is -1.90. The molecule has 0 amide bonds. The molecule has 7 nitrogen and oxygen atoms in total. The largest absolute Gasteiger partial charge is 0.481 e. The van der Waals surface area contributed by atoms with Crippen LogP contribution in [0.1, 0.15) is 11.3 Å². The fourth-order valence-electron chi connectivity index (χ4n) is 1.50. The highest BCUT2D eigenvalue weighted by molar-refractivity contribution is 7.89. The number of ether oxygens (including phenoxy) is 1. The Balaban J connectivity index is 2.04. The van der Waals surface area contributed by atoms with Crippen molar-refractivity contribution in [2.45, 2.75) is 18.2 Å². The Morgan fingerprint density at radius 3 is 2.70 bits per heavy atom. The summed E-state index contributed by atoms with van der Waals surface area (Å²) in [7, 11) is -2.18. The van der Waals surface area contributed by atoms with Crippen LogP contribution in [0.25, 0.3) is 0 Å². The van der Waals surface area contributed by atoms with Crippen molar-refractivity contribution in [3.05, 3.63) is 41.8 Å². The van der Waals surface area contributed by atoms with Gasteiger partial charge in [-0.2, -0.15) is 0 Å². The van der Waals surface area contributed by atoms with Crippen molar-refractivity contribution >= 4 is 10.0 Å². The molecule has 0 radical (unpaired) electrons. The van der Waals surface area contributed by atoms with Crippen LogP contribution in [0.3, 0.4) is 0 Å². The Kier molecular flexibility index (Phi) is 4.38. The maximum atomic E-state index is 12.0. The molecule has 0 spiro atoms. The van der Waals surface area contributed by atoms with Crippen molar-refractivity contribution < 1.29 is 17.6 Å². The van der Waals surface area contributed by atoms with Crippen molar-refractivity contribution in [1.82, 2.24) is 9.71 Å². The predicted octanol–water partition coefficient (Wildman–Crippen LogP) is 0.620. The summed E-state index contributed by atoms with van der Waals surface area (Å²) in [5.41, 5.74) is 6.08. The number of nitrogens with one attached hydrogen (secondary N) is 1. The lowest BCUT2D eigenvalue weighted by Gasteiger charge is -2.05. The number of nitrogens with zero attached hydrogens (tertiary/aromatic N) is 1. The van der Waals surface area contributed by atoms with Gasteiger partial charge in [0, 0.05) is 18.8 Å². The summed E-state index contributed by atoms with van der Waals surface area (Å²) in [6, 6.07) is 6.28. The van der Waals surface area contributed by atoms with Crippen LogP contribution in [-0.4, -0.2) is 20.5 Å². The molecule has 0 aliphatic rings. The van der Waals surface area contributed by atoms with Gasteiger partial charge in [0.2, 0.25) is 11.0 Å². The summed E-state index contributed by atoms with van der Waals surface area (Å²) in [6.07, 6.45) is 1.54. The van der Waals surface area contributed by atoms with Crippen LogP contribution in [0.4, 0.5) is 0 Å². The van der Waals surface area contributed by atoms with Crippen molar-refractivity contribution in [2.24, 2.45) is 5.73 Å². The van der Waals surface area contributed by atoms with Crippen LogP contribution in [0.15, 0.2) is 40.0 Å². The molecule has 8 heteroatoms. The number of sulfonamides is 1. The summed E-state index contributed by atoms with van der Waals surface area (Å²) in [5.74, 6) is 0.881.